The molecule has 0 saturated carbocycles. The van der Waals surface area contributed by atoms with Crippen LogP contribution in [0.25, 0.3) is 0 Å². The smallest absolute Gasteiger partial charge is 0.228 e. The Kier molecular flexibility index (Phi) is 5.01. The number of rotatable bonds is 5. The summed E-state index contributed by atoms with van der Waals surface area (Å²) in [5.74, 6) is -0.875. The van der Waals surface area contributed by atoms with Crippen molar-refractivity contribution in [2.45, 2.75) is 38.1 Å². The maximum Gasteiger partial charge on any atom is 0.390 e. The Morgan fingerprint density at radius 2 is 1.63 bits per heavy atom. The second kappa shape index (κ2) is 5.94. The summed E-state index contributed by atoms with van der Waals surface area (Å²) in [6.45, 7) is 4.02. The summed E-state index contributed by atoms with van der Waals surface area (Å²) in [5, 5.41) is 0. The molecule has 0 bridgehead atoms. The van der Waals surface area contributed by atoms with Gasteiger partial charge in [-0.2, -0.15) is 13.2 Å². The molecule has 0 heterocycles. The van der Waals surface area contributed by atoms with E-state index in [0.29, 0.717) is 11.5 Å². The fourth-order valence-electron chi connectivity index (χ4n) is 1.60. The molecule has 0 N–H and O–H groups in total. The van der Waals surface area contributed by atoms with E-state index in [4.69, 9.17) is 0 Å². The van der Waals surface area contributed by atoms with E-state index in [1.54, 1.807) is 24.3 Å². The zero-order chi connectivity index (χ0) is 14.7. The summed E-state index contributed by atoms with van der Waals surface area (Å²) in [6.07, 6.45) is -5.73. The van der Waals surface area contributed by atoms with Gasteiger partial charge in [0.15, 0.2) is 9.84 Å². The monoisotopic (exact) mass is 294 g/mol. The lowest BCUT2D eigenvalue weighted by Crippen LogP contribution is -2.17. The Labute approximate surface area is 111 Å². The molecule has 2 nitrogen and oxygen atoms in total. The lowest BCUT2D eigenvalue weighted by atomic mass is 10.0. The second-order valence-corrected chi connectivity index (χ2v) is 7.04. The van der Waals surface area contributed by atoms with Crippen molar-refractivity contribution in [3.05, 3.63) is 35.4 Å². The molecule has 0 unspecified atom stereocenters. The average molecular weight is 294 g/mol. The van der Waals surface area contributed by atoms with Gasteiger partial charge in [0.05, 0.1) is 17.9 Å². The molecular weight excluding hydrogens is 277 g/mol. The number of hydrogen-bond donors (Lipinski definition) is 0. The number of benzene rings is 1. The summed E-state index contributed by atoms with van der Waals surface area (Å²) < 4.78 is 59.1. The Morgan fingerprint density at radius 3 is 2.05 bits per heavy atom. The van der Waals surface area contributed by atoms with Crippen molar-refractivity contribution >= 4 is 9.84 Å². The summed E-state index contributed by atoms with van der Waals surface area (Å²) in [7, 11) is -3.72. The lowest BCUT2D eigenvalue weighted by Gasteiger charge is -2.09. The highest BCUT2D eigenvalue weighted by atomic mass is 32.2. The highest BCUT2D eigenvalue weighted by Crippen LogP contribution is 2.22. The van der Waals surface area contributed by atoms with Crippen LogP contribution in [0.5, 0.6) is 0 Å². The molecule has 1 aromatic rings. The van der Waals surface area contributed by atoms with E-state index in [9.17, 15) is 21.6 Å². The van der Waals surface area contributed by atoms with Crippen molar-refractivity contribution < 1.29 is 21.6 Å². The largest absolute Gasteiger partial charge is 0.390 e. The van der Waals surface area contributed by atoms with E-state index in [1.165, 1.54) is 0 Å². The standard InChI is InChI=1S/C13H17F3O2S/c1-10(2)12-5-3-11(4-6-12)9-19(17,18)8-7-13(14,15)16/h3-6,10H,7-9H2,1-2H3. The van der Waals surface area contributed by atoms with Crippen molar-refractivity contribution in [1.29, 1.82) is 0 Å². The summed E-state index contributed by atoms with van der Waals surface area (Å²) >= 11 is 0. The van der Waals surface area contributed by atoms with Crippen LogP contribution >= 0.6 is 0 Å². The highest BCUT2D eigenvalue weighted by Gasteiger charge is 2.29. The average Bonchev–Trinajstić information content (AvgIpc) is 2.26. The van der Waals surface area contributed by atoms with Crippen molar-refractivity contribution in [2.24, 2.45) is 0 Å². The van der Waals surface area contributed by atoms with Gasteiger partial charge in [-0.15, -0.1) is 0 Å². The van der Waals surface area contributed by atoms with Crippen LogP contribution in [0.4, 0.5) is 13.2 Å². The molecule has 108 valence electrons. The normalized spacial score (nSPS) is 12.9. The van der Waals surface area contributed by atoms with Gasteiger partial charge in [0.2, 0.25) is 0 Å². The molecule has 0 fully saturated rings. The number of alkyl halides is 3. The molecule has 6 heteroatoms. The molecule has 1 rings (SSSR count). The zero-order valence-electron chi connectivity index (χ0n) is 10.9. The van der Waals surface area contributed by atoms with Crippen LogP contribution in [0, 0.1) is 0 Å². The predicted octanol–water partition coefficient (Wildman–Crippen LogP) is 3.68. The maximum atomic E-state index is 12.0. The third-order valence-corrected chi connectivity index (χ3v) is 4.33. The van der Waals surface area contributed by atoms with E-state index in [2.05, 4.69) is 0 Å². The minimum absolute atomic E-state index is 0.330. The Hall–Kier alpha value is -1.04. The van der Waals surface area contributed by atoms with Gasteiger partial charge >= 0.3 is 6.18 Å². The van der Waals surface area contributed by atoms with Crippen LogP contribution in [0.2, 0.25) is 0 Å². The van der Waals surface area contributed by atoms with Gasteiger partial charge < -0.3 is 0 Å². The van der Waals surface area contributed by atoms with Crippen LogP contribution in [0.3, 0.4) is 0 Å². The van der Waals surface area contributed by atoms with Gasteiger partial charge in [0.1, 0.15) is 0 Å². The van der Waals surface area contributed by atoms with Crippen molar-refractivity contribution in [3.8, 4) is 0 Å². The minimum Gasteiger partial charge on any atom is -0.228 e. The second-order valence-electron chi connectivity index (χ2n) is 4.85. The minimum atomic E-state index is -4.44. The molecule has 0 aliphatic rings. The maximum absolute atomic E-state index is 12.0. The molecule has 0 radical (unpaired) electrons. The molecule has 0 aliphatic heterocycles. The Bertz CT molecular complexity index is 502. The van der Waals surface area contributed by atoms with Crippen LogP contribution in [0.15, 0.2) is 24.3 Å². The quantitative estimate of drug-likeness (QED) is 0.830. The first-order valence-corrected chi connectivity index (χ1v) is 7.77. The van der Waals surface area contributed by atoms with Crippen LogP contribution in [-0.4, -0.2) is 20.3 Å². The van der Waals surface area contributed by atoms with Gasteiger partial charge in [-0.25, -0.2) is 8.42 Å². The van der Waals surface area contributed by atoms with E-state index in [1.807, 2.05) is 13.8 Å². The number of halogens is 3. The first-order valence-electron chi connectivity index (χ1n) is 5.95. The molecule has 1 aromatic carbocycles. The Balaban J connectivity index is 2.68. The van der Waals surface area contributed by atoms with Gasteiger partial charge in [0, 0.05) is 0 Å². The summed E-state index contributed by atoms with van der Waals surface area (Å²) in [4.78, 5) is 0. The zero-order valence-corrected chi connectivity index (χ0v) is 11.7. The van der Waals surface area contributed by atoms with Crippen molar-refractivity contribution in [3.63, 3.8) is 0 Å². The van der Waals surface area contributed by atoms with E-state index in [-0.39, 0.29) is 5.75 Å². The fraction of sp³-hybridized carbons (Fsp3) is 0.538. The first-order chi connectivity index (χ1) is 8.59. The van der Waals surface area contributed by atoms with Gasteiger partial charge in [-0.3, -0.25) is 0 Å². The molecule has 0 aliphatic carbocycles. The lowest BCUT2D eigenvalue weighted by molar-refractivity contribution is -0.129. The van der Waals surface area contributed by atoms with Gasteiger partial charge in [-0.1, -0.05) is 38.1 Å². The van der Waals surface area contributed by atoms with Crippen LogP contribution in [0.1, 0.15) is 37.3 Å². The fourth-order valence-corrected chi connectivity index (χ4v) is 2.98. The summed E-state index contributed by atoms with van der Waals surface area (Å²) in [5.41, 5.74) is 1.59. The molecule has 0 aromatic heterocycles. The number of hydrogen-bond acceptors (Lipinski definition) is 2. The van der Waals surface area contributed by atoms with Gasteiger partial charge in [0.25, 0.3) is 0 Å². The molecule has 0 amide bonds. The van der Waals surface area contributed by atoms with Crippen LogP contribution in [-0.2, 0) is 15.6 Å². The molecule has 19 heavy (non-hydrogen) atoms. The van der Waals surface area contributed by atoms with Gasteiger partial charge in [-0.05, 0) is 17.0 Å². The predicted molar refractivity (Wildman–Crippen MR) is 68.7 cm³/mol. The van der Waals surface area contributed by atoms with Crippen LogP contribution < -0.4 is 0 Å². The van der Waals surface area contributed by atoms with E-state index < -0.39 is 28.2 Å². The highest BCUT2D eigenvalue weighted by molar-refractivity contribution is 7.90. The topological polar surface area (TPSA) is 34.1 Å². The third-order valence-electron chi connectivity index (χ3n) is 2.73. The SMILES string of the molecule is CC(C)c1ccc(CS(=O)(=O)CCC(F)(F)F)cc1. The molecule has 0 atom stereocenters. The van der Waals surface area contributed by atoms with Crippen molar-refractivity contribution in [2.75, 3.05) is 5.75 Å². The van der Waals surface area contributed by atoms with Crippen molar-refractivity contribution in [1.82, 2.24) is 0 Å². The van der Waals surface area contributed by atoms with E-state index >= 15 is 0 Å². The third kappa shape index (κ3) is 6.09. The summed E-state index contributed by atoms with van der Waals surface area (Å²) in [6, 6.07) is 6.92. The Morgan fingerprint density at radius 1 is 1.11 bits per heavy atom. The molecular formula is C13H17F3O2S. The molecule has 0 saturated heterocycles. The molecule has 0 spiro atoms. The van der Waals surface area contributed by atoms with E-state index in [0.717, 1.165) is 5.56 Å². The number of sulfone groups is 1. The first kappa shape index (κ1) is 16.0.